The van der Waals surface area contributed by atoms with Crippen LogP contribution in [0.25, 0.3) is 0 Å². The Kier molecular flexibility index (Phi) is 4.92. The standard InChI is InChI=1S/C13H14N2O3/c1-9(16)8-12(18)13(10(2)17)15-14-11-6-4-3-5-7-11/h3-7,14H,8H2,1-2H3/b15-13+. The summed E-state index contributed by atoms with van der Waals surface area (Å²) in [6, 6.07) is 8.92. The molecule has 0 spiro atoms. The maximum Gasteiger partial charge on any atom is 0.193 e. The van der Waals surface area contributed by atoms with Gasteiger partial charge in [-0.15, -0.1) is 0 Å². The fourth-order valence-electron chi connectivity index (χ4n) is 1.28. The van der Waals surface area contributed by atoms with Crippen LogP contribution in [0.1, 0.15) is 20.3 Å². The van der Waals surface area contributed by atoms with Crippen LogP contribution in [0.2, 0.25) is 0 Å². The number of rotatable bonds is 6. The largest absolute Gasteiger partial charge is 0.300 e. The number of nitrogens with one attached hydrogen (secondary N) is 1. The minimum Gasteiger partial charge on any atom is -0.300 e. The zero-order valence-corrected chi connectivity index (χ0v) is 10.3. The molecule has 0 bridgehead atoms. The van der Waals surface area contributed by atoms with Crippen LogP contribution in [-0.2, 0) is 14.4 Å². The Labute approximate surface area is 105 Å². The fraction of sp³-hybridized carbons (Fsp3) is 0.231. The molecule has 0 aliphatic carbocycles. The Bertz CT molecular complexity index is 492. The summed E-state index contributed by atoms with van der Waals surface area (Å²) in [5, 5.41) is 3.76. The summed E-state index contributed by atoms with van der Waals surface area (Å²) in [4.78, 5) is 33.7. The summed E-state index contributed by atoms with van der Waals surface area (Å²) >= 11 is 0. The number of hydrazone groups is 1. The minimum absolute atomic E-state index is 0.242. The molecule has 0 radical (unpaired) electrons. The molecule has 0 aliphatic heterocycles. The lowest BCUT2D eigenvalue weighted by Gasteiger charge is -2.03. The molecule has 0 saturated carbocycles. The van der Waals surface area contributed by atoms with Gasteiger partial charge < -0.3 is 0 Å². The fourth-order valence-corrected chi connectivity index (χ4v) is 1.28. The average molecular weight is 246 g/mol. The molecule has 18 heavy (non-hydrogen) atoms. The van der Waals surface area contributed by atoms with Gasteiger partial charge in [-0.05, 0) is 19.1 Å². The molecule has 0 aromatic heterocycles. The second-order valence-electron chi connectivity index (χ2n) is 3.80. The van der Waals surface area contributed by atoms with Crippen LogP contribution >= 0.6 is 0 Å². The maximum atomic E-state index is 11.6. The van der Waals surface area contributed by atoms with E-state index in [1.807, 2.05) is 6.07 Å². The third-order valence-electron chi connectivity index (χ3n) is 2.08. The quantitative estimate of drug-likeness (QED) is 0.470. The number of Topliss-reactive ketones (excluding diaryl/α,β-unsaturated/α-hetero) is 3. The first-order valence-corrected chi connectivity index (χ1v) is 5.43. The van der Waals surface area contributed by atoms with Crippen molar-refractivity contribution in [2.24, 2.45) is 5.10 Å². The van der Waals surface area contributed by atoms with Crippen LogP contribution in [0.3, 0.4) is 0 Å². The number of carbonyl (C=O) groups excluding carboxylic acids is 3. The predicted molar refractivity (Wildman–Crippen MR) is 68.5 cm³/mol. The van der Waals surface area contributed by atoms with E-state index in [0.717, 1.165) is 0 Å². The highest BCUT2D eigenvalue weighted by molar-refractivity contribution is 6.66. The van der Waals surface area contributed by atoms with Crippen molar-refractivity contribution in [2.45, 2.75) is 20.3 Å². The number of anilines is 1. The maximum absolute atomic E-state index is 11.6. The molecule has 1 aromatic carbocycles. The topological polar surface area (TPSA) is 75.6 Å². The van der Waals surface area contributed by atoms with Gasteiger partial charge >= 0.3 is 0 Å². The van der Waals surface area contributed by atoms with Crippen LogP contribution in [-0.4, -0.2) is 23.1 Å². The first-order chi connectivity index (χ1) is 8.50. The van der Waals surface area contributed by atoms with Gasteiger partial charge in [0.1, 0.15) is 5.78 Å². The molecule has 1 N–H and O–H groups in total. The lowest BCUT2D eigenvalue weighted by molar-refractivity contribution is -0.122. The third-order valence-corrected chi connectivity index (χ3v) is 2.08. The number of hydrogen-bond donors (Lipinski definition) is 1. The zero-order valence-electron chi connectivity index (χ0n) is 10.3. The average Bonchev–Trinajstić information content (AvgIpc) is 2.29. The molecule has 0 heterocycles. The molecule has 0 aliphatic rings. The molecule has 1 rings (SSSR count). The summed E-state index contributed by atoms with van der Waals surface area (Å²) in [5.74, 6) is -1.34. The van der Waals surface area contributed by atoms with Crippen molar-refractivity contribution in [1.29, 1.82) is 0 Å². The molecule has 5 nitrogen and oxygen atoms in total. The zero-order chi connectivity index (χ0) is 13.5. The van der Waals surface area contributed by atoms with E-state index in [0.29, 0.717) is 5.69 Å². The molecule has 0 fully saturated rings. The van der Waals surface area contributed by atoms with Crippen LogP contribution in [0.15, 0.2) is 35.4 Å². The number of hydrogen-bond acceptors (Lipinski definition) is 5. The number of ketones is 3. The van der Waals surface area contributed by atoms with Gasteiger partial charge in [0.2, 0.25) is 0 Å². The number of benzene rings is 1. The van der Waals surface area contributed by atoms with Gasteiger partial charge in [-0.2, -0.15) is 5.10 Å². The smallest absolute Gasteiger partial charge is 0.193 e. The SMILES string of the molecule is CC(=O)CC(=O)/C(=N/Nc1ccccc1)C(C)=O. The highest BCUT2D eigenvalue weighted by atomic mass is 16.2. The highest BCUT2D eigenvalue weighted by Gasteiger charge is 2.18. The highest BCUT2D eigenvalue weighted by Crippen LogP contribution is 2.05. The van der Waals surface area contributed by atoms with Crippen molar-refractivity contribution in [3.8, 4) is 0 Å². The normalized spacial score (nSPS) is 10.9. The molecule has 5 heteroatoms. The summed E-state index contributed by atoms with van der Waals surface area (Å²) in [6.45, 7) is 2.53. The summed E-state index contributed by atoms with van der Waals surface area (Å²) in [6.07, 6.45) is -0.311. The summed E-state index contributed by atoms with van der Waals surface area (Å²) in [5.41, 5.74) is 3.03. The van der Waals surface area contributed by atoms with Gasteiger partial charge in [-0.1, -0.05) is 18.2 Å². The minimum atomic E-state index is -0.571. The van der Waals surface area contributed by atoms with Gasteiger partial charge in [0.05, 0.1) is 12.1 Å². The third kappa shape index (κ3) is 4.29. The van der Waals surface area contributed by atoms with Crippen molar-refractivity contribution in [1.82, 2.24) is 0 Å². The Balaban J connectivity index is 2.82. The molecular formula is C13H14N2O3. The van der Waals surface area contributed by atoms with E-state index in [9.17, 15) is 14.4 Å². The van der Waals surface area contributed by atoms with Crippen molar-refractivity contribution in [2.75, 3.05) is 5.43 Å². The Morgan fingerprint density at radius 2 is 1.72 bits per heavy atom. The monoisotopic (exact) mass is 246 g/mol. The number of para-hydroxylation sites is 1. The van der Waals surface area contributed by atoms with Crippen molar-refractivity contribution in [3.63, 3.8) is 0 Å². The van der Waals surface area contributed by atoms with Gasteiger partial charge in [0.25, 0.3) is 0 Å². The van der Waals surface area contributed by atoms with E-state index in [2.05, 4.69) is 10.5 Å². The van der Waals surface area contributed by atoms with Gasteiger partial charge in [0.15, 0.2) is 17.3 Å². The van der Waals surface area contributed by atoms with Crippen LogP contribution in [0.4, 0.5) is 5.69 Å². The molecular weight excluding hydrogens is 232 g/mol. The lowest BCUT2D eigenvalue weighted by Crippen LogP contribution is -2.24. The summed E-state index contributed by atoms with van der Waals surface area (Å²) < 4.78 is 0. The van der Waals surface area contributed by atoms with E-state index in [4.69, 9.17) is 0 Å². The molecule has 0 atom stereocenters. The van der Waals surface area contributed by atoms with Crippen molar-refractivity contribution < 1.29 is 14.4 Å². The van der Waals surface area contributed by atoms with Crippen molar-refractivity contribution in [3.05, 3.63) is 30.3 Å². The molecule has 1 aromatic rings. The molecule has 94 valence electrons. The summed E-state index contributed by atoms with van der Waals surface area (Å²) in [7, 11) is 0. The second-order valence-corrected chi connectivity index (χ2v) is 3.80. The van der Waals surface area contributed by atoms with Crippen LogP contribution in [0.5, 0.6) is 0 Å². The van der Waals surface area contributed by atoms with E-state index in [1.54, 1.807) is 24.3 Å². The van der Waals surface area contributed by atoms with Crippen LogP contribution < -0.4 is 5.43 Å². The Hall–Kier alpha value is -2.30. The van der Waals surface area contributed by atoms with Gasteiger partial charge in [-0.3, -0.25) is 19.8 Å². The molecule has 0 amide bonds. The van der Waals surface area contributed by atoms with Gasteiger partial charge in [-0.25, -0.2) is 0 Å². The van der Waals surface area contributed by atoms with Gasteiger partial charge in [0, 0.05) is 6.92 Å². The lowest BCUT2D eigenvalue weighted by atomic mass is 10.1. The van der Waals surface area contributed by atoms with E-state index in [1.165, 1.54) is 13.8 Å². The van der Waals surface area contributed by atoms with Crippen molar-refractivity contribution >= 4 is 28.7 Å². The first-order valence-electron chi connectivity index (χ1n) is 5.43. The Morgan fingerprint density at radius 1 is 1.11 bits per heavy atom. The Morgan fingerprint density at radius 3 is 2.22 bits per heavy atom. The number of carbonyl (C=O) groups is 3. The van der Waals surface area contributed by atoms with Crippen LogP contribution in [0, 0.1) is 0 Å². The predicted octanol–water partition coefficient (Wildman–Crippen LogP) is 1.59. The van der Waals surface area contributed by atoms with E-state index < -0.39 is 11.6 Å². The molecule has 0 unspecified atom stereocenters. The molecule has 0 saturated heterocycles. The van der Waals surface area contributed by atoms with E-state index in [-0.39, 0.29) is 17.9 Å². The number of nitrogens with zero attached hydrogens (tertiary/aromatic N) is 1. The second kappa shape index (κ2) is 6.44. The van der Waals surface area contributed by atoms with E-state index >= 15 is 0 Å². The first kappa shape index (κ1) is 13.8.